The van der Waals surface area contributed by atoms with E-state index in [0.717, 1.165) is 24.0 Å². The highest BCUT2D eigenvalue weighted by Crippen LogP contribution is 2.36. The van der Waals surface area contributed by atoms with Crippen LogP contribution in [0, 0.1) is 0 Å². The molecule has 0 fully saturated rings. The molecule has 106 valence electrons. The highest BCUT2D eigenvalue weighted by molar-refractivity contribution is 6.42. The number of pyridine rings is 1. The van der Waals surface area contributed by atoms with E-state index in [0.29, 0.717) is 10.0 Å². The van der Waals surface area contributed by atoms with E-state index in [-0.39, 0.29) is 5.92 Å². The summed E-state index contributed by atoms with van der Waals surface area (Å²) in [5.74, 6) is -0.00262. The Morgan fingerprint density at radius 3 is 2.35 bits per heavy atom. The Morgan fingerprint density at radius 1 is 1.05 bits per heavy atom. The van der Waals surface area contributed by atoms with E-state index >= 15 is 0 Å². The Kier molecular flexibility index (Phi) is 5.41. The second-order valence-corrected chi connectivity index (χ2v) is 5.61. The summed E-state index contributed by atoms with van der Waals surface area (Å²) < 4.78 is 0. The molecule has 2 aromatic rings. The van der Waals surface area contributed by atoms with Gasteiger partial charge in [-0.2, -0.15) is 0 Å². The smallest absolute Gasteiger partial charge is 0.0859 e. The molecule has 0 aliphatic carbocycles. The first-order valence-corrected chi connectivity index (χ1v) is 7.42. The monoisotopic (exact) mass is 309 g/mol. The fraction of sp³-hybridized carbons (Fsp3) is 0.312. The molecule has 0 aliphatic rings. The van der Waals surface area contributed by atoms with Crippen molar-refractivity contribution in [1.82, 2.24) is 4.98 Å². The Labute approximate surface area is 129 Å². The molecule has 2 atom stereocenters. The van der Waals surface area contributed by atoms with Gasteiger partial charge >= 0.3 is 0 Å². The number of hydrogen-bond acceptors (Lipinski definition) is 2. The molecule has 1 aromatic heterocycles. The molecule has 0 radical (unpaired) electrons. The molecule has 0 unspecified atom stereocenters. The average molecular weight is 310 g/mol. The van der Waals surface area contributed by atoms with Gasteiger partial charge in [-0.25, -0.2) is 0 Å². The number of aromatic nitrogens is 1. The van der Waals surface area contributed by atoms with Crippen molar-refractivity contribution < 1.29 is 5.11 Å². The Bertz CT molecular complexity index is 560. The number of benzene rings is 1. The molecule has 0 saturated heterocycles. The molecule has 0 amide bonds. The molecule has 4 heteroatoms. The summed E-state index contributed by atoms with van der Waals surface area (Å²) in [6.45, 7) is 2.10. The molecule has 1 N–H and O–H groups in total. The first-order valence-electron chi connectivity index (χ1n) is 6.66. The molecule has 0 spiro atoms. The van der Waals surface area contributed by atoms with E-state index in [4.69, 9.17) is 23.2 Å². The number of halogens is 2. The minimum Gasteiger partial charge on any atom is -0.388 e. The molecule has 0 bridgehead atoms. The maximum Gasteiger partial charge on any atom is 0.0859 e. The van der Waals surface area contributed by atoms with Gasteiger partial charge in [-0.05, 0) is 41.8 Å². The third-order valence-corrected chi connectivity index (χ3v) is 4.14. The quantitative estimate of drug-likeness (QED) is 0.842. The number of hydrogen-bond donors (Lipinski definition) is 1. The van der Waals surface area contributed by atoms with Crippen molar-refractivity contribution in [1.29, 1.82) is 0 Å². The lowest BCUT2D eigenvalue weighted by Crippen LogP contribution is -2.11. The van der Waals surface area contributed by atoms with Crippen molar-refractivity contribution in [3.8, 4) is 0 Å². The van der Waals surface area contributed by atoms with E-state index in [1.54, 1.807) is 18.5 Å². The van der Waals surface area contributed by atoms with Gasteiger partial charge in [0.25, 0.3) is 0 Å². The predicted molar refractivity (Wildman–Crippen MR) is 83.3 cm³/mol. The lowest BCUT2D eigenvalue weighted by molar-refractivity contribution is 0.139. The molecule has 2 rings (SSSR count). The third-order valence-electron chi connectivity index (χ3n) is 3.40. The third kappa shape index (κ3) is 3.51. The lowest BCUT2D eigenvalue weighted by atomic mass is 9.86. The van der Waals surface area contributed by atoms with Crippen LogP contribution in [-0.4, -0.2) is 10.1 Å². The van der Waals surface area contributed by atoms with Crippen molar-refractivity contribution in [3.05, 3.63) is 63.9 Å². The molecule has 0 saturated carbocycles. The van der Waals surface area contributed by atoms with E-state index in [1.807, 2.05) is 24.3 Å². The van der Waals surface area contributed by atoms with Crippen LogP contribution in [0.2, 0.25) is 10.0 Å². The minimum absolute atomic E-state index is 0.00262. The largest absolute Gasteiger partial charge is 0.388 e. The summed E-state index contributed by atoms with van der Waals surface area (Å²) in [5.41, 5.74) is 1.87. The van der Waals surface area contributed by atoms with Gasteiger partial charge in [0.05, 0.1) is 16.1 Å². The summed E-state index contributed by atoms with van der Waals surface area (Å²) in [7, 11) is 0. The first-order chi connectivity index (χ1) is 9.63. The van der Waals surface area contributed by atoms with Gasteiger partial charge < -0.3 is 5.11 Å². The normalized spacial score (nSPS) is 14.0. The lowest BCUT2D eigenvalue weighted by Gasteiger charge is -2.23. The molecule has 0 aliphatic heterocycles. The van der Waals surface area contributed by atoms with Crippen molar-refractivity contribution in [3.63, 3.8) is 0 Å². The van der Waals surface area contributed by atoms with Crippen molar-refractivity contribution in [2.24, 2.45) is 0 Å². The Balaban J connectivity index is 2.33. The second-order valence-electron chi connectivity index (χ2n) is 4.79. The molecular weight excluding hydrogens is 293 g/mol. The second kappa shape index (κ2) is 7.07. The van der Waals surface area contributed by atoms with Crippen LogP contribution >= 0.6 is 23.2 Å². The standard InChI is InChI=1S/C16H17Cl2NO/c1-2-3-13(12-4-5-14(17)15(18)10-12)16(20)11-6-8-19-9-7-11/h4-10,13,16,20H,2-3H2,1H3/t13-,16-/m1/s1. The van der Waals surface area contributed by atoms with E-state index in [9.17, 15) is 5.11 Å². The molecule has 2 nitrogen and oxygen atoms in total. The number of aliphatic hydroxyl groups excluding tert-OH is 1. The van der Waals surface area contributed by atoms with Gasteiger partial charge in [0, 0.05) is 18.3 Å². The van der Waals surface area contributed by atoms with Crippen LogP contribution in [0.5, 0.6) is 0 Å². The SMILES string of the molecule is CCC[C@H](c1ccc(Cl)c(Cl)c1)[C@H](O)c1ccncc1. The molecule has 1 heterocycles. The summed E-state index contributed by atoms with van der Waals surface area (Å²) in [4.78, 5) is 3.98. The van der Waals surface area contributed by atoms with Crippen LogP contribution in [0.3, 0.4) is 0 Å². The van der Waals surface area contributed by atoms with Crippen molar-refractivity contribution >= 4 is 23.2 Å². The highest BCUT2D eigenvalue weighted by atomic mass is 35.5. The summed E-state index contributed by atoms with van der Waals surface area (Å²) >= 11 is 12.0. The zero-order chi connectivity index (χ0) is 14.5. The van der Waals surface area contributed by atoms with Gasteiger partial charge in [0.2, 0.25) is 0 Å². The van der Waals surface area contributed by atoms with Crippen LogP contribution in [0.1, 0.15) is 42.9 Å². The summed E-state index contributed by atoms with van der Waals surface area (Å²) in [6, 6.07) is 9.23. The van der Waals surface area contributed by atoms with Gasteiger partial charge in [-0.1, -0.05) is 42.6 Å². The summed E-state index contributed by atoms with van der Waals surface area (Å²) in [6.07, 6.45) is 4.66. The number of aliphatic hydroxyl groups is 1. The highest BCUT2D eigenvalue weighted by Gasteiger charge is 2.22. The van der Waals surface area contributed by atoms with Gasteiger partial charge in [-0.15, -0.1) is 0 Å². The zero-order valence-corrected chi connectivity index (χ0v) is 12.8. The summed E-state index contributed by atoms with van der Waals surface area (Å²) in [5, 5.41) is 11.7. The molecule has 20 heavy (non-hydrogen) atoms. The van der Waals surface area contributed by atoms with Crippen molar-refractivity contribution in [2.45, 2.75) is 31.8 Å². The minimum atomic E-state index is -0.574. The average Bonchev–Trinajstić information content (AvgIpc) is 2.48. The Hall–Kier alpha value is -1.09. The van der Waals surface area contributed by atoms with Crippen LogP contribution in [0.15, 0.2) is 42.7 Å². The van der Waals surface area contributed by atoms with Gasteiger partial charge in [-0.3, -0.25) is 4.98 Å². The number of rotatable bonds is 5. The fourth-order valence-corrected chi connectivity index (χ4v) is 2.66. The number of nitrogens with zero attached hydrogens (tertiary/aromatic N) is 1. The van der Waals surface area contributed by atoms with Crippen LogP contribution < -0.4 is 0 Å². The first kappa shape index (κ1) is 15.3. The molecular formula is C16H17Cl2NO. The fourth-order valence-electron chi connectivity index (χ4n) is 2.35. The maximum atomic E-state index is 10.6. The topological polar surface area (TPSA) is 33.1 Å². The van der Waals surface area contributed by atoms with E-state index in [1.165, 1.54) is 0 Å². The van der Waals surface area contributed by atoms with Gasteiger partial charge in [0.15, 0.2) is 0 Å². The van der Waals surface area contributed by atoms with Gasteiger partial charge in [0.1, 0.15) is 0 Å². The zero-order valence-electron chi connectivity index (χ0n) is 11.3. The van der Waals surface area contributed by atoms with Crippen LogP contribution in [0.25, 0.3) is 0 Å². The van der Waals surface area contributed by atoms with E-state index in [2.05, 4.69) is 11.9 Å². The van der Waals surface area contributed by atoms with Crippen LogP contribution in [-0.2, 0) is 0 Å². The molecule has 1 aromatic carbocycles. The van der Waals surface area contributed by atoms with Crippen molar-refractivity contribution in [2.75, 3.05) is 0 Å². The Morgan fingerprint density at radius 2 is 1.75 bits per heavy atom. The van der Waals surface area contributed by atoms with E-state index < -0.39 is 6.10 Å². The predicted octanol–water partition coefficient (Wildman–Crippen LogP) is 5.01. The van der Waals surface area contributed by atoms with Crippen LogP contribution in [0.4, 0.5) is 0 Å². The maximum absolute atomic E-state index is 10.6.